The lowest BCUT2D eigenvalue weighted by atomic mass is 10.1. The van der Waals surface area contributed by atoms with Gasteiger partial charge in [0.2, 0.25) is 5.91 Å². The van der Waals surface area contributed by atoms with Crippen LogP contribution < -0.4 is 5.32 Å². The molecule has 2 unspecified atom stereocenters. The van der Waals surface area contributed by atoms with Crippen LogP contribution in [-0.4, -0.2) is 29.1 Å². The number of nitrogens with one attached hydrogen (secondary N) is 1. The van der Waals surface area contributed by atoms with Crippen LogP contribution in [0.1, 0.15) is 25.5 Å². The van der Waals surface area contributed by atoms with E-state index < -0.39 is 0 Å². The lowest BCUT2D eigenvalue weighted by Gasteiger charge is -2.16. The van der Waals surface area contributed by atoms with Crippen molar-refractivity contribution in [1.82, 2.24) is 5.32 Å². The standard InChI is InChI=1S/C14H20ClNO2S/c1-10(7-17)8-19-9-14(18)16-11(2)12-5-3-4-6-13(12)15/h3-6,10-11,17H,7-9H2,1-2H3,(H,16,18). The van der Waals surface area contributed by atoms with Gasteiger partial charge in [0.15, 0.2) is 0 Å². The molecule has 0 radical (unpaired) electrons. The first kappa shape index (κ1) is 16.3. The minimum absolute atomic E-state index is 0.0115. The van der Waals surface area contributed by atoms with Gasteiger partial charge in [0.1, 0.15) is 0 Å². The maximum atomic E-state index is 11.8. The van der Waals surface area contributed by atoms with Crippen molar-refractivity contribution in [3.8, 4) is 0 Å². The summed E-state index contributed by atoms with van der Waals surface area (Å²) in [6, 6.07) is 7.40. The molecule has 1 aromatic rings. The minimum atomic E-state index is -0.0999. The summed E-state index contributed by atoms with van der Waals surface area (Å²) in [7, 11) is 0. The van der Waals surface area contributed by atoms with Crippen molar-refractivity contribution < 1.29 is 9.90 Å². The van der Waals surface area contributed by atoms with Crippen molar-refractivity contribution in [2.45, 2.75) is 19.9 Å². The highest BCUT2D eigenvalue weighted by atomic mass is 35.5. The van der Waals surface area contributed by atoms with Crippen molar-refractivity contribution >= 4 is 29.3 Å². The van der Waals surface area contributed by atoms with E-state index in [4.69, 9.17) is 16.7 Å². The number of carbonyl (C=O) groups is 1. The Morgan fingerprint density at radius 3 is 2.74 bits per heavy atom. The fourth-order valence-corrected chi connectivity index (χ4v) is 2.79. The predicted molar refractivity (Wildman–Crippen MR) is 81.6 cm³/mol. The van der Waals surface area contributed by atoms with Crippen LogP contribution in [-0.2, 0) is 4.79 Å². The Bertz CT molecular complexity index is 414. The molecule has 106 valence electrons. The average molecular weight is 302 g/mol. The minimum Gasteiger partial charge on any atom is -0.396 e. The van der Waals surface area contributed by atoms with Crippen molar-refractivity contribution in [3.63, 3.8) is 0 Å². The number of halogens is 1. The molecule has 0 aliphatic heterocycles. The SMILES string of the molecule is CC(CO)CSCC(=O)NC(C)c1ccccc1Cl. The Kier molecular flexibility index (Phi) is 7.28. The molecule has 1 rings (SSSR count). The van der Waals surface area contributed by atoms with E-state index in [9.17, 15) is 4.79 Å². The van der Waals surface area contributed by atoms with Crippen LogP contribution in [0.25, 0.3) is 0 Å². The summed E-state index contributed by atoms with van der Waals surface area (Å²) in [5, 5.41) is 12.5. The van der Waals surface area contributed by atoms with Gasteiger partial charge in [-0.2, -0.15) is 11.8 Å². The maximum Gasteiger partial charge on any atom is 0.230 e. The van der Waals surface area contributed by atoms with Gasteiger partial charge in [-0.15, -0.1) is 0 Å². The second kappa shape index (κ2) is 8.46. The zero-order valence-electron chi connectivity index (χ0n) is 11.2. The number of hydrogen-bond donors (Lipinski definition) is 2. The van der Waals surface area contributed by atoms with Crippen LogP contribution in [0.4, 0.5) is 0 Å². The van der Waals surface area contributed by atoms with Crippen molar-refractivity contribution in [1.29, 1.82) is 0 Å². The van der Waals surface area contributed by atoms with Gasteiger partial charge in [-0.25, -0.2) is 0 Å². The van der Waals surface area contributed by atoms with E-state index in [1.54, 1.807) is 0 Å². The van der Waals surface area contributed by atoms with Crippen molar-refractivity contribution in [3.05, 3.63) is 34.9 Å². The molecule has 0 saturated carbocycles. The second-order valence-corrected chi connectivity index (χ2v) is 6.05. The monoisotopic (exact) mass is 301 g/mol. The van der Waals surface area contributed by atoms with Crippen molar-refractivity contribution in [2.75, 3.05) is 18.1 Å². The van der Waals surface area contributed by atoms with Gasteiger partial charge in [0.25, 0.3) is 0 Å². The maximum absolute atomic E-state index is 11.8. The van der Waals surface area contributed by atoms with Gasteiger partial charge in [-0.1, -0.05) is 36.7 Å². The highest BCUT2D eigenvalue weighted by Crippen LogP contribution is 2.22. The van der Waals surface area contributed by atoms with Crippen molar-refractivity contribution in [2.24, 2.45) is 5.92 Å². The van der Waals surface area contributed by atoms with Gasteiger partial charge in [0, 0.05) is 11.6 Å². The molecule has 0 aromatic heterocycles. The third-order valence-corrected chi connectivity index (χ3v) is 4.31. The van der Waals surface area contributed by atoms with E-state index in [-0.39, 0.29) is 24.5 Å². The molecule has 1 aromatic carbocycles. The lowest BCUT2D eigenvalue weighted by molar-refractivity contribution is -0.119. The van der Waals surface area contributed by atoms with Gasteiger partial charge in [0.05, 0.1) is 11.8 Å². The van der Waals surface area contributed by atoms with Crippen LogP contribution in [0.15, 0.2) is 24.3 Å². The number of thioether (sulfide) groups is 1. The summed E-state index contributed by atoms with van der Waals surface area (Å²) in [4.78, 5) is 11.8. The topological polar surface area (TPSA) is 49.3 Å². The Morgan fingerprint density at radius 2 is 2.11 bits per heavy atom. The molecule has 19 heavy (non-hydrogen) atoms. The first-order chi connectivity index (χ1) is 9.04. The molecule has 0 aliphatic carbocycles. The zero-order valence-corrected chi connectivity index (χ0v) is 12.8. The summed E-state index contributed by atoms with van der Waals surface area (Å²) in [5.41, 5.74) is 0.922. The number of carbonyl (C=O) groups excluding carboxylic acids is 1. The van der Waals surface area contributed by atoms with E-state index in [0.717, 1.165) is 11.3 Å². The van der Waals surface area contributed by atoms with Crippen LogP contribution in [0, 0.1) is 5.92 Å². The molecule has 0 fully saturated rings. The number of benzene rings is 1. The first-order valence-electron chi connectivity index (χ1n) is 6.27. The summed E-state index contributed by atoms with van der Waals surface area (Å²) < 4.78 is 0. The number of aliphatic hydroxyl groups is 1. The molecule has 0 aliphatic rings. The van der Waals surface area contributed by atoms with E-state index in [1.807, 2.05) is 38.1 Å². The van der Waals surface area contributed by atoms with E-state index in [0.29, 0.717) is 10.8 Å². The molecule has 0 bridgehead atoms. The number of hydrogen-bond acceptors (Lipinski definition) is 3. The molecule has 2 atom stereocenters. The smallest absolute Gasteiger partial charge is 0.230 e. The summed E-state index contributed by atoms with van der Waals surface area (Å²) in [6.45, 7) is 4.03. The van der Waals surface area contributed by atoms with Gasteiger partial charge >= 0.3 is 0 Å². The Hall–Kier alpha value is -0.710. The van der Waals surface area contributed by atoms with Crippen LogP contribution in [0.3, 0.4) is 0 Å². The number of aliphatic hydroxyl groups excluding tert-OH is 1. The van der Waals surface area contributed by atoms with E-state index in [1.165, 1.54) is 11.8 Å². The quantitative estimate of drug-likeness (QED) is 0.814. The molecule has 0 heterocycles. The lowest BCUT2D eigenvalue weighted by Crippen LogP contribution is -2.28. The molecule has 3 nitrogen and oxygen atoms in total. The number of amides is 1. The van der Waals surface area contributed by atoms with Crippen LogP contribution in [0.5, 0.6) is 0 Å². The molecule has 2 N–H and O–H groups in total. The molecular weight excluding hydrogens is 282 g/mol. The molecule has 5 heteroatoms. The summed E-state index contributed by atoms with van der Waals surface area (Å²) >= 11 is 7.61. The molecule has 0 spiro atoms. The highest BCUT2D eigenvalue weighted by Gasteiger charge is 2.12. The summed E-state index contributed by atoms with van der Waals surface area (Å²) in [5.74, 6) is 1.39. The molecule has 1 amide bonds. The van der Waals surface area contributed by atoms with Crippen LogP contribution in [0.2, 0.25) is 5.02 Å². The number of rotatable bonds is 7. The summed E-state index contributed by atoms with van der Waals surface area (Å²) in [6.07, 6.45) is 0. The Labute approximate surface area is 123 Å². The highest BCUT2D eigenvalue weighted by molar-refractivity contribution is 7.99. The molecular formula is C14H20ClNO2S. The average Bonchev–Trinajstić information content (AvgIpc) is 2.38. The fourth-order valence-electron chi connectivity index (χ4n) is 1.59. The predicted octanol–water partition coefficient (Wildman–Crippen LogP) is 2.88. The van der Waals surface area contributed by atoms with E-state index >= 15 is 0 Å². The fraction of sp³-hybridized carbons (Fsp3) is 0.500. The zero-order chi connectivity index (χ0) is 14.3. The van der Waals surface area contributed by atoms with E-state index in [2.05, 4.69) is 5.32 Å². The van der Waals surface area contributed by atoms with Gasteiger partial charge in [-0.05, 0) is 30.2 Å². The van der Waals surface area contributed by atoms with Gasteiger partial charge < -0.3 is 10.4 Å². The Balaban J connectivity index is 2.38. The largest absolute Gasteiger partial charge is 0.396 e. The first-order valence-corrected chi connectivity index (χ1v) is 7.80. The third-order valence-electron chi connectivity index (χ3n) is 2.70. The normalized spacial score (nSPS) is 13.9. The van der Waals surface area contributed by atoms with Gasteiger partial charge in [-0.3, -0.25) is 4.79 Å². The van der Waals surface area contributed by atoms with Crippen LogP contribution >= 0.6 is 23.4 Å². The second-order valence-electron chi connectivity index (χ2n) is 4.61. The Morgan fingerprint density at radius 1 is 1.42 bits per heavy atom. The molecule has 0 saturated heterocycles. The third kappa shape index (κ3) is 5.85.